The lowest BCUT2D eigenvalue weighted by molar-refractivity contribution is -0.115. The molecule has 0 aliphatic heterocycles. The molecule has 2 aromatic carbocycles. The van der Waals surface area contributed by atoms with Crippen LogP contribution in [0.3, 0.4) is 0 Å². The van der Waals surface area contributed by atoms with Crippen molar-refractivity contribution >= 4 is 29.1 Å². The normalized spacial score (nSPS) is 9.64. The molecule has 0 bridgehead atoms. The van der Waals surface area contributed by atoms with Crippen molar-refractivity contribution in [3.63, 3.8) is 0 Å². The number of hydrogen-bond acceptors (Lipinski definition) is 3. The van der Waals surface area contributed by atoms with Crippen molar-refractivity contribution < 1.29 is 9.59 Å². The molecule has 0 atom stereocenters. The lowest BCUT2D eigenvalue weighted by Gasteiger charge is -2.08. The highest BCUT2D eigenvalue weighted by molar-refractivity contribution is 6.33. The SMILES string of the molecule is N#Cc1ccc(NC(=O)CNC(=O)c2ccccc2Cl)cc1. The van der Waals surface area contributed by atoms with Gasteiger partial charge in [0.05, 0.1) is 28.8 Å². The molecule has 0 aromatic heterocycles. The molecule has 2 N–H and O–H groups in total. The second-order valence-electron chi connectivity index (χ2n) is 4.40. The third-order valence-corrected chi connectivity index (χ3v) is 3.16. The van der Waals surface area contributed by atoms with Crippen molar-refractivity contribution in [1.82, 2.24) is 5.32 Å². The van der Waals surface area contributed by atoms with E-state index in [2.05, 4.69) is 10.6 Å². The van der Waals surface area contributed by atoms with Gasteiger partial charge in [-0.3, -0.25) is 9.59 Å². The number of anilines is 1. The standard InChI is InChI=1S/C16H12ClN3O2/c17-14-4-2-1-3-13(14)16(22)19-10-15(21)20-12-7-5-11(9-18)6-8-12/h1-8H,10H2,(H,19,22)(H,20,21). The van der Waals surface area contributed by atoms with Crippen LogP contribution >= 0.6 is 11.6 Å². The fourth-order valence-electron chi connectivity index (χ4n) is 1.73. The Kier molecular flexibility index (Phi) is 5.12. The lowest BCUT2D eigenvalue weighted by Crippen LogP contribution is -2.33. The summed E-state index contributed by atoms with van der Waals surface area (Å²) < 4.78 is 0. The van der Waals surface area contributed by atoms with Gasteiger partial charge in [-0.25, -0.2) is 0 Å². The fourth-order valence-corrected chi connectivity index (χ4v) is 1.96. The number of carbonyl (C=O) groups is 2. The van der Waals surface area contributed by atoms with Gasteiger partial charge < -0.3 is 10.6 Å². The third kappa shape index (κ3) is 4.08. The number of nitrogens with zero attached hydrogens (tertiary/aromatic N) is 1. The molecule has 0 saturated carbocycles. The van der Waals surface area contributed by atoms with Crippen LogP contribution < -0.4 is 10.6 Å². The Labute approximate surface area is 132 Å². The van der Waals surface area contributed by atoms with E-state index in [1.807, 2.05) is 6.07 Å². The van der Waals surface area contributed by atoms with Gasteiger partial charge >= 0.3 is 0 Å². The minimum absolute atomic E-state index is 0.177. The van der Waals surface area contributed by atoms with E-state index in [1.54, 1.807) is 48.5 Å². The van der Waals surface area contributed by atoms with Crippen LogP contribution in [0.25, 0.3) is 0 Å². The van der Waals surface area contributed by atoms with Crippen molar-refractivity contribution in [2.45, 2.75) is 0 Å². The van der Waals surface area contributed by atoms with Crippen LogP contribution in [0.5, 0.6) is 0 Å². The summed E-state index contributed by atoms with van der Waals surface area (Å²) in [5, 5.41) is 14.1. The third-order valence-electron chi connectivity index (χ3n) is 2.83. The number of amides is 2. The fraction of sp³-hybridized carbons (Fsp3) is 0.0625. The lowest BCUT2D eigenvalue weighted by atomic mass is 10.2. The smallest absolute Gasteiger partial charge is 0.253 e. The highest BCUT2D eigenvalue weighted by Gasteiger charge is 2.11. The minimum Gasteiger partial charge on any atom is -0.343 e. The zero-order valence-corrected chi connectivity index (χ0v) is 12.2. The molecule has 6 heteroatoms. The molecule has 2 amide bonds. The van der Waals surface area contributed by atoms with Crippen molar-refractivity contribution in [3.05, 3.63) is 64.7 Å². The average molecular weight is 314 g/mol. The van der Waals surface area contributed by atoms with E-state index in [-0.39, 0.29) is 12.5 Å². The largest absolute Gasteiger partial charge is 0.343 e. The van der Waals surface area contributed by atoms with Crippen LogP contribution in [0.2, 0.25) is 5.02 Å². The van der Waals surface area contributed by atoms with Crippen molar-refractivity contribution in [2.24, 2.45) is 0 Å². The number of rotatable bonds is 4. The number of carbonyl (C=O) groups excluding carboxylic acids is 2. The molecule has 5 nitrogen and oxygen atoms in total. The molecule has 2 rings (SSSR count). The molecule has 0 spiro atoms. The van der Waals surface area contributed by atoms with E-state index < -0.39 is 5.91 Å². The Balaban J connectivity index is 1.89. The van der Waals surface area contributed by atoms with Gasteiger partial charge in [-0.15, -0.1) is 0 Å². The zero-order valence-electron chi connectivity index (χ0n) is 11.5. The molecule has 0 aliphatic carbocycles. The highest BCUT2D eigenvalue weighted by atomic mass is 35.5. The number of hydrogen-bond donors (Lipinski definition) is 2. The number of halogens is 1. The quantitative estimate of drug-likeness (QED) is 0.910. The molecule has 2 aromatic rings. The minimum atomic E-state index is -0.416. The topological polar surface area (TPSA) is 82.0 Å². The summed E-state index contributed by atoms with van der Waals surface area (Å²) in [6.07, 6.45) is 0. The second-order valence-corrected chi connectivity index (χ2v) is 4.81. The second kappa shape index (κ2) is 7.25. The summed E-state index contributed by atoms with van der Waals surface area (Å²) in [6, 6.07) is 15.0. The Morgan fingerprint density at radius 1 is 1.09 bits per heavy atom. The maximum atomic E-state index is 11.9. The van der Waals surface area contributed by atoms with Crippen molar-refractivity contribution in [2.75, 3.05) is 11.9 Å². The van der Waals surface area contributed by atoms with E-state index in [9.17, 15) is 9.59 Å². The van der Waals surface area contributed by atoms with Crippen molar-refractivity contribution in [3.8, 4) is 6.07 Å². The first-order chi connectivity index (χ1) is 10.6. The molecule has 0 aliphatic rings. The molecular formula is C16H12ClN3O2. The van der Waals surface area contributed by atoms with Crippen LogP contribution in [-0.4, -0.2) is 18.4 Å². The maximum Gasteiger partial charge on any atom is 0.253 e. The van der Waals surface area contributed by atoms with Crippen LogP contribution in [-0.2, 0) is 4.79 Å². The van der Waals surface area contributed by atoms with E-state index in [0.717, 1.165) is 0 Å². The Hall–Kier alpha value is -2.84. The summed E-state index contributed by atoms with van der Waals surface area (Å²) in [5.41, 5.74) is 1.37. The zero-order chi connectivity index (χ0) is 15.9. The van der Waals surface area contributed by atoms with Crippen LogP contribution in [0.1, 0.15) is 15.9 Å². The molecule has 0 fully saturated rings. The summed E-state index contributed by atoms with van der Waals surface area (Å²) in [5.74, 6) is -0.786. The van der Waals surface area contributed by atoms with Gasteiger partial charge in [0, 0.05) is 5.69 Å². The molecule has 110 valence electrons. The summed E-state index contributed by atoms with van der Waals surface area (Å²) in [6.45, 7) is -0.177. The first kappa shape index (κ1) is 15.5. The van der Waals surface area contributed by atoms with Crippen LogP contribution in [0.4, 0.5) is 5.69 Å². The van der Waals surface area contributed by atoms with Crippen LogP contribution in [0.15, 0.2) is 48.5 Å². The number of benzene rings is 2. The Bertz CT molecular complexity index is 736. The van der Waals surface area contributed by atoms with E-state index in [0.29, 0.717) is 21.8 Å². The molecular weight excluding hydrogens is 302 g/mol. The Morgan fingerprint density at radius 3 is 2.41 bits per heavy atom. The molecule has 0 heterocycles. The summed E-state index contributed by atoms with van der Waals surface area (Å²) in [4.78, 5) is 23.7. The number of nitriles is 1. The number of nitrogens with one attached hydrogen (secondary N) is 2. The average Bonchev–Trinajstić information content (AvgIpc) is 2.54. The first-order valence-electron chi connectivity index (χ1n) is 6.43. The summed E-state index contributed by atoms with van der Waals surface area (Å²) >= 11 is 5.91. The van der Waals surface area contributed by atoms with Gasteiger partial charge in [0.1, 0.15) is 0 Å². The molecule has 22 heavy (non-hydrogen) atoms. The van der Waals surface area contributed by atoms with Gasteiger partial charge in [0.2, 0.25) is 5.91 Å². The van der Waals surface area contributed by atoms with Gasteiger partial charge in [-0.05, 0) is 36.4 Å². The first-order valence-corrected chi connectivity index (χ1v) is 6.80. The van der Waals surface area contributed by atoms with Crippen molar-refractivity contribution in [1.29, 1.82) is 5.26 Å². The predicted octanol–water partition coefficient (Wildman–Crippen LogP) is 2.58. The van der Waals surface area contributed by atoms with Gasteiger partial charge in [-0.2, -0.15) is 5.26 Å². The molecule has 0 radical (unpaired) electrons. The highest BCUT2D eigenvalue weighted by Crippen LogP contribution is 2.14. The molecule has 0 saturated heterocycles. The van der Waals surface area contributed by atoms with E-state index in [1.165, 1.54) is 0 Å². The molecule has 0 unspecified atom stereocenters. The maximum absolute atomic E-state index is 11.9. The van der Waals surface area contributed by atoms with Gasteiger partial charge in [0.25, 0.3) is 5.91 Å². The van der Waals surface area contributed by atoms with Crippen LogP contribution in [0, 0.1) is 11.3 Å². The summed E-state index contributed by atoms with van der Waals surface area (Å²) in [7, 11) is 0. The Morgan fingerprint density at radius 2 is 1.77 bits per heavy atom. The monoisotopic (exact) mass is 313 g/mol. The van der Waals surface area contributed by atoms with Gasteiger partial charge in [0.15, 0.2) is 0 Å². The van der Waals surface area contributed by atoms with E-state index >= 15 is 0 Å². The predicted molar refractivity (Wildman–Crippen MR) is 83.6 cm³/mol. The van der Waals surface area contributed by atoms with E-state index in [4.69, 9.17) is 16.9 Å². The van der Waals surface area contributed by atoms with Gasteiger partial charge in [-0.1, -0.05) is 23.7 Å².